The van der Waals surface area contributed by atoms with Gasteiger partial charge in [-0.15, -0.1) is 7.92 Å². The molecule has 0 amide bonds. The zero-order valence-corrected chi connectivity index (χ0v) is 14.2. The van der Waals surface area contributed by atoms with Crippen molar-refractivity contribution in [3.05, 3.63) is 72.9 Å². The molecular formula is C21H27P. The van der Waals surface area contributed by atoms with Crippen molar-refractivity contribution in [1.29, 1.82) is 0 Å². The highest BCUT2D eigenvalue weighted by atomic mass is 31.1. The number of rotatable bonds is 9. The molecule has 116 valence electrons. The summed E-state index contributed by atoms with van der Waals surface area (Å²) in [5.74, 6) is 2.13. The molecule has 0 aromatic carbocycles. The van der Waals surface area contributed by atoms with Crippen LogP contribution < -0.4 is 0 Å². The van der Waals surface area contributed by atoms with E-state index in [0.717, 1.165) is 0 Å². The van der Waals surface area contributed by atoms with Crippen molar-refractivity contribution in [2.45, 2.75) is 19.3 Å². The molecule has 0 atom stereocenters. The van der Waals surface area contributed by atoms with Crippen molar-refractivity contribution >= 4 is 7.92 Å². The SMILES string of the molecule is C1=CC(CCP(CCC2C=CC=C2)CCC2C=CC=C2)C=C1. The number of hydrogen-bond acceptors (Lipinski definition) is 0. The van der Waals surface area contributed by atoms with Crippen LogP contribution in [0.4, 0.5) is 0 Å². The van der Waals surface area contributed by atoms with Gasteiger partial charge < -0.3 is 0 Å². The maximum absolute atomic E-state index is 2.36. The zero-order chi connectivity index (χ0) is 15.0. The van der Waals surface area contributed by atoms with Crippen molar-refractivity contribution in [3.63, 3.8) is 0 Å². The molecule has 3 aliphatic rings. The average Bonchev–Trinajstić information content (AvgIpc) is 3.29. The highest BCUT2D eigenvalue weighted by Gasteiger charge is 2.15. The Kier molecular flexibility index (Phi) is 6.08. The van der Waals surface area contributed by atoms with E-state index in [2.05, 4.69) is 72.9 Å². The topological polar surface area (TPSA) is 0 Å². The first-order valence-electron chi connectivity index (χ1n) is 8.67. The van der Waals surface area contributed by atoms with E-state index in [1.165, 1.54) is 37.7 Å². The molecule has 0 bridgehead atoms. The van der Waals surface area contributed by atoms with Gasteiger partial charge in [-0.05, 0) is 55.5 Å². The predicted molar refractivity (Wildman–Crippen MR) is 101 cm³/mol. The quantitative estimate of drug-likeness (QED) is 0.467. The highest BCUT2D eigenvalue weighted by Crippen LogP contribution is 2.41. The third kappa shape index (κ3) is 4.96. The van der Waals surface area contributed by atoms with Crippen LogP contribution in [-0.2, 0) is 0 Å². The van der Waals surface area contributed by atoms with Gasteiger partial charge in [-0.25, -0.2) is 0 Å². The van der Waals surface area contributed by atoms with Crippen molar-refractivity contribution in [1.82, 2.24) is 0 Å². The fourth-order valence-electron chi connectivity index (χ4n) is 3.34. The second-order valence-electron chi connectivity index (χ2n) is 6.51. The minimum Gasteiger partial charge on any atom is -0.107 e. The molecule has 0 aromatic heterocycles. The summed E-state index contributed by atoms with van der Waals surface area (Å²) in [5.41, 5.74) is 0. The van der Waals surface area contributed by atoms with Gasteiger partial charge in [-0.3, -0.25) is 0 Å². The summed E-state index contributed by atoms with van der Waals surface area (Å²) >= 11 is 0. The first kappa shape index (κ1) is 15.8. The summed E-state index contributed by atoms with van der Waals surface area (Å²) < 4.78 is 0. The fourth-order valence-corrected chi connectivity index (χ4v) is 6.00. The molecule has 3 aliphatic carbocycles. The van der Waals surface area contributed by atoms with Crippen LogP contribution in [0.25, 0.3) is 0 Å². The lowest BCUT2D eigenvalue weighted by Crippen LogP contribution is -2.04. The standard InChI is InChI=1S/C21H27P/c1-2-8-19(7-1)13-16-22(17-14-20-9-3-4-10-20)18-15-21-11-5-6-12-21/h1-12,19-21H,13-18H2. The van der Waals surface area contributed by atoms with Gasteiger partial charge in [0, 0.05) is 0 Å². The minimum atomic E-state index is 0.188. The largest absolute Gasteiger partial charge is 0.107 e. The van der Waals surface area contributed by atoms with Crippen LogP contribution in [0.5, 0.6) is 0 Å². The van der Waals surface area contributed by atoms with Crippen LogP contribution in [-0.4, -0.2) is 18.5 Å². The molecule has 22 heavy (non-hydrogen) atoms. The molecule has 0 spiro atoms. The number of hydrogen-bond donors (Lipinski definition) is 0. The second kappa shape index (κ2) is 8.49. The Labute approximate surface area is 136 Å². The van der Waals surface area contributed by atoms with Gasteiger partial charge in [0.2, 0.25) is 0 Å². The summed E-state index contributed by atoms with van der Waals surface area (Å²) in [4.78, 5) is 0. The van der Waals surface area contributed by atoms with Gasteiger partial charge >= 0.3 is 0 Å². The Morgan fingerprint density at radius 1 is 0.455 bits per heavy atom. The summed E-state index contributed by atoms with van der Waals surface area (Å²) in [6, 6.07) is 0. The molecule has 0 fully saturated rings. The summed E-state index contributed by atoms with van der Waals surface area (Å²) in [6.45, 7) is 0. The molecule has 0 saturated heterocycles. The van der Waals surface area contributed by atoms with Crippen molar-refractivity contribution in [2.75, 3.05) is 18.5 Å². The maximum atomic E-state index is 2.36. The third-order valence-corrected chi connectivity index (χ3v) is 7.49. The molecule has 0 aliphatic heterocycles. The zero-order valence-electron chi connectivity index (χ0n) is 13.4. The summed E-state index contributed by atoms with van der Waals surface area (Å²) in [5, 5.41) is 0. The van der Waals surface area contributed by atoms with E-state index in [1.54, 1.807) is 0 Å². The van der Waals surface area contributed by atoms with Crippen molar-refractivity contribution in [3.8, 4) is 0 Å². The van der Waals surface area contributed by atoms with E-state index in [4.69, 9.17) is 0 Å². The summed E-state index contributed by atoms with van der Waals surface area (Å²) in [6.07, 6.45) is 35.8. The van der Waals surface area contributed by atoms with Crippen LogP contribution in [0.3, 0.4) is 0 Å². The van der Waals surface area contributed by atoms with E-state index in [9.17, 15) is 0 Å². The first-order chi connectivity index (χ1) is 10.9. The molecule has 0 unspecified atom stereocenters. The van der Waals surface area contributed by atoms with Crippen LogP contribution in [0.1, 0.15) is 19.3 Å². The van der Waals surface area contributed by atoms with Gasteiger partial charge in [-0.1, -0.05) is 72.9 Å². The molecule has 0 heterocycles. The Morgan fingerprint density at radius 3 is 1.00 bits per heavy atom. The lowest BCUT2D eigenvalue weighted by atomic mass is 10.1. The van der Waals surface area contributed by atoms with Crippen molar-refractivity contribution < 1.29 is 0 Å². The molecule has 0 nitrogen and oxygen atoms in total. The Morgan fingerprint density at radius 2 is 0.727 bits per heavy atom. The predicted octanol–water partition coefficient (Wildman–Crippen LogP) is 5.87. The van der Waals surface area contributed by atoms with Gasteiger partial charge in [-0.2, -0.15) is 0 Å². The number of allylic oxidation sites excluding steroid dienone is 12. The molecule has 0 radical (unpaired) electrons. The van der Waals surface area contributed by atoms with Gasteiger partial charge in [0.05, 0.1) is 0 Å². The van der Waals surface area contributed by atoms with Gasteiger partial charge in [0.25, 0.3) is 0 Å². The smallest absolute Gasteiger partial charge is 0.00439 e. The molecule has 1 heteroatoms. The van der Waals surface area contributed by atoms with E-state index in [1.807, 2.05) is 0 Å². The Bertz CT molecular complexity index is 406. The first-order valence-corrected chi connectivity index (χ1v) is 10.6. The Balaban J connectivity index is 1.44. The van der Waals surface area contributed by atoms with E-state index in [0.29, 0.717) is 17.8 Å². The van der Waals surface area contributed by atoms with Crippen LogP contribution in [0.15, 0.2) is 72.9 Å². The molecule has 0 aromatic rings. The average molecular weight is 310 g/mol. The monoisotopic (exact) mass is 310 g/mol. The second-order valence-corrected chi connectivity index (χ2v) is 9.19. The lowest BCUT2D eigenvalue weighted by molar-refractivity contribution is 0.754. The van der Waals surface area contributed by atoms with E-state index < -0.39 is 0 Å². The molecule has 3 rings (SSSR count). The molecule has 0 saturated carbocycles. The minimum absolute atomic E-state index is 0.188. The molecular weight excluding hydrogens is 283 g/mol. The van der Waals surface area contributed by atoms with Crippen molar-refractivity contribution in [2.24, 2.45) is 17.8 Å². The fraction of sp³-hybridized carbons (Fsp3) is 0.429. The Hall–Kier alpha value is -1.13. The van der Waals surface area contributed by atoms with Crippen LogP contribution in [0, 0.1) is 17.8 Å². The van der Waals surface area contributed by atoms with Gasteiger partial charge in [0.15, 0.2) is 0 Å². The van der Waals surface area contributed by atoms with E-state index >= 15 is 0 Å². The highest BCUT2D eigenvalue weighted by molar-refractivity contribution is 7.57. The van der Waals surface area contributed by atoms with E-state index in [-0.39, 0.29) is 7.92 Å². The maximum Gasteiger partial charge on any atom is -0.00439 e. The lowest BCUT2D eigenvalue weighted by Gasteiger charge is -2.21. The summed E-state index contributed by atoms with van der Waals surface area (Å²) in [7, 11) is 0.188. The van der Waals surface area contributed by atoms with Crippen LogP contribution >= 0.6 is 7.92 Å². The normalized spacial score (nSPS) is 20.6. The molecule has 0 N–H and O–H groups in total. The van der Waals surface area contributed by atoms with Gasteiger partial charge in [0.1, 0.15) is 0 Å². The third-order valence-electron chi connectivity index (χ3n) is 4.82. The van der Waals surface area contributed by atoms with Crippen LogP contribution in [0.2, 0.25) is 0 Å².